The quantitative estimate of drug-likeness (QED) is 0.560. The molecule has 3 aromatic rings. The molecule has 1 aliphatic carbocycles. The number of hydrogen-bond acceptors (Lipinski definition) is 2. The van der Waals surface area contributed by atoms with Crippen LogP contribution in [-0.2, 0) is 6.42 Å². The van der Waals surface area contributed by atoms with Gasteiger partial charge >= 0.3 is 0 Å². The number of benzene rings is 1. The molecule has 27 heavy (non-hydrogen) atoms. The zero-order chi connectivity index (χ0) is 19.0. The third kappa shape index (κ3) is 3.32. The van der Waals surface area contributed by atoms with Crippen LogP contribution in [-0.4, -0.2) is 14.8 Å². The highest BCUT2D eigenvalue weighted by molar-refractivity contribution is 6.30. The van der Waals surface area contributed by atoms with E-state index in [4.69, 9.17) is 21.7 Å². The standard InChI is InChI=1S/C23H24ClN3/c1-15-11-12-18(20-10-7-13-25-22(20)16(15)2)14-21-17(3)26-27(23(21)24)19-8-5-4-6-9-19/h4-10,12-13,15-16H,11,14H2,1-3H3. The van der Waals surface area contributed by atoms with E-state index in [2.05, 4.69) is 26.0 Å². The Morgan fingerprint density at radius 3 is 2.67 bits per heavy atom. The largest absolute Gasteiger partial charge is 0.260 e. The lowest BCUT2D eigenvalue weighted by molar-refractivity contribution is 0.488. The first-order valence-electron chi connectivity index (χ1n) is 9.50. The van der Waals surface area contributed by atoms with Crippen LogP contribution in [0.5, 0.6) is 0 Å². The molecule has 4 rings (SSSR count). The SMILES string of the molecule is Cc1nn(-c2ccccc2)c(Cl)c1CC1=CCC(C)C(C)c2ncccc21. The predicted octanol–water partition coefficient (Wildman–Crippen LogP) is 6.00. The number of aromatic nitrogens is 3. The summed E-state index contributed by atoms with van der Waals surface area (Å²) in [6, 6.07) is 14.3. The number of halogens is 1. The Hall–Kier alpha value is -2.39. The molecule has 0 saturated heterocycles. The normalized spacial score (nSPS) is 19.3. The van der Waals surface area contributed by atoms with Gasteiger partial charge in [-0.1, -0.05) is 55.8 Å². The van der Waals surface area contributed by atoms with Crippen LogP contribution in [0.3, 0.4) is 0 Å². The molecule has 0 radical (unpaired) electrons. The van der Waals surface area contributed by atoms with E-state index in [1.165, 1.54) is 16.8 Å². The molecule has 0 N–H and O–H groups in total. The average molecular weight is 378 g/mol. The first kappa shape index (κ1) is 18.0. The summed E-state index contributed by atoms with van der Waals surface area (Å²) >= 11 is 6.77. The van der Waals surface area contributed by atoms with Gasteiger partial charge in [-0.3, -0.25) is 4.98 Å². The average Bonchev–Trinajstić information content (AvgIpc) is 2.92. The molecule has 1 aliphatic rings. The molecule has 0 amide bonds. The third-order valence-electron chi connectivity index (χ3n) is 5.70. The van der Waals surface area contributed by atoms with E-state index in [1.807, 2.05) is 54.2 Å². The van der Waals surface area contributed by atoms with Gasteiger partial charge in [0.25, 0.3) is 0 Å². The maximum atomic E-state index is 6.77. The third-order valence-corrected chi connectivity index (χ3v) is 6.08. The second-order valence-electron chi connectivity index (χ2n) is 7.45. The molecule has 2 heterocycles. The van der Waals surface area contributed by atoms with E-state index >= 15 is 0 Å². The molecule has 2 aromatic heterocycles. The van der Waals surface area contributed by atoms with Gasteiger partial charge in [-0.25, -0.2) is 4.68 Å². The van der Waals surface area contributed by atoms with Crippen LogP contribution in [0.2, 0.25) is 5.15 Å². The summed E-state index contributed by atoms with van der Waals surface area (Å²) in [4.78, 5) is 4.71. The molecule has 138 valence electrons. The lowest BCUT2D eigenvalue weighted by Gasteiger charge is -2.18. The van der Waals surface area contributed by atoms with E-state index < -0.39 is 0 Å². The van der Waals surface area contributed by atoms with Gasteiger partial charge < -0.3 is 0 Å². The highest BCUT2D eigenvalue weighted by atomic mass is 35.5. The summed E-state index contributed by atoms with van der Waals surface area (Å²) < 4.78 is 1.83. The summed E-state index contributed by atoms with van der Waals surface area (Å²) in [5.41, 5.74) is 6.78. The number of allylic oxidation sites excluding steroid dienone is 2. The smallest absolute Gasteiger partial charge is 0.136 e. The summed E-state index contributed by atoms with van der Waals surface area (Å²) in [5, 5.41) is 5.39. The van der Waals surface area contributed by atoms with Gasteiger partial charge in [0.15, 0.2) is 0 Å². The van der Waals surface area contributed by atoms with E-state index in [-0.39, 0.29) is 0 Å². The minimum atomic E-state index is 0.443. The summed E-state index contributed by atoms with van der Waals surface area (Å²) in [7, 11) is 0. The summed E-state index contributed by atoms with van der Waals surface area (Å²) in [6.45, 7) is 6.61. The van der Waals surface area contributed by atoms with Crippen LogP contribution in [0.4, 0.5) is 0 Å². The van der Waals surface area contributed by atoms with Crippen LogP contribution >= 0.6 is 11.6 Å². The molecule has 0 fully saturated rings. The van der Waals surface area contributed by atoms with Crippen LogP contribution in [0.1, 0.15) is 48.7 Å². The van der Waals surface area contributed by atoms with Crippen molar-refractivity contribution in [1.82, 2.24) is 14.8 Å². The lowest BCUT2D eigenvalue weighted by Crippen LogP contribution is -2.07. The number of aryl methyl sites for hydroxylation is 1. The maximum absolute atomic E-state index is 6.77. The molecular formula is C23H24ClN3. The van der Waals surface area contributed by atoms with Crippen LogP contribution in [0.15, 0.2) is 54.7 Å². The van der Waals surface area contributed by atoms with Gasteiger partial charge in [0, 0.05) is 24.1 Å². The van der Waals surface area contributed by atoms with Crippen molar-refractivity contribution < 1.29 is 0 Å². The Kier molecular flexibility index (Phi) is 4.88. The van der Waals surface area contributed by atoms with E-state index in [0.29, 0.717) is 17.0 Å². The van der Waals surface area contributed by atoms with Gasteiger partial charge in [0.05, 0.1) is 17.1 Å². The number of rotatable bonds is 3. The molecular weight excluding hydrogens is 354 g/mol. The number of pyridine rings is 1. The van der Waals surface area contributed by atoms with Gasteiger partial charge in [-0.2, -0.15) is 5.10 Å². The molecule has 0 saturated carbocycles. The molecule has 4 heteroatoms. The van der Waals surface area contributed by atoms with E-state index in [9.17, 15) is 0 Å². The first-order chi connectivity index (χ1) is 13.1. The molecule has 0 bridgehead atoms. The van der Waals surface area contributed by atoms with Crippen LogP contribution in [0.25, 0.3) is 11.3 Å². The van der Waals surface area contributed by atoms with Crippen LogP contribution < -0.4 is 0 Å². The number of para-hydroxylation sites is 1. The van der Waals surface area contributed by atoms with Gasteiger partial charge in [0.1, 0.15) is 5.15 Å². The molecule has 2 atom stereocenters. The number of nitrogens with zero attached hydrogens (tertiary/aromatic N) is 3. The fourth-order valence-electron chi connectivity index (χ4n) is 3.79. The number of fused-ring (bicyclic) bond motifs is 1. The predicted molar refractivity (Wildman–Crippen MR) is 111 cm³/mol. The highest BCUT2D eigenvalue weighted by Gasteiger charge is 2.25. The highest BCUT2D eigenvalue weighted by Crippen LogP contribution is 2.37. The van der Waals surface area contributed by atoms with Crippen molar-refractivity contribution in [3.05, 3.63) is 82.4 Å². The Morgan fingerprint density at radius 1 is 1.11 bits per heavy atom. The Morgan fingerprint density at radius 2 is 1.89 bits per heavy atom. The summed E-state index contributed by atoms with van der Waals surface area (Å²) in [5.74, 6) is 1.01. The molecule has 3 nitrogen and oxygen atoms in total. The van der Waals surface area contributed by atoms with Gasteiger partial charge in [-0.15, -0.1) is 0 Å². The first-order valence-corrected chi connectivity index (χ1v) is 9.87. The van der Waals surface area contributed by atoms with E-state index in [1.54, 1.807) is 0 Å². The molecule has 1 aromatic carbocycles. The van der Waals surface area contributed by atoms with Crippen molar-refractivity contribution in [2.75, 3.05) is 0 Å². The minimum Gasteiger partial charge on any atom is -0.260 e. The van der Waals surface area contributed by atoms with Crippen LogP contribution in [0, 0.1) is 12.8 Å². The lowest BCUT2D eigenvalue weighted by atomic mass is 9.89. The Balaban J connectivity index is 1.75. The summed E-state index contributed by atoms with van der Waals surface area (Å²) in [6.07, 6.45) is 6.09. The zero-order valence-electron chi connectivity index (χ0n) is 16.0. The topological polar surface area (TPSA) is 30.7 Å². The van der Waals surface area contributed by atoms with Crippen molar-refractivity contribution >= 4 is 17.2 Å². The second kappa shape index (κ2) is 7.32. The minimum absolute atomic E-state index is 0.443. The zero-order valence-corrected chi connectivity index (χ0v) is 16.7. The Labute approximate surface area is 165 Å². The Bertz CT molecular complexity index is 988. The number of hydrogen-bond donors (Lipinski definition) is 0. The van der Waals surface area contributed by atoms with Crippen molar-refractivity contribution in [2.45, 2.75) is 39.5 Å². The van der Waals surface area contributed by atoms with Crippen molar-refractivity contribution in [3.8, 4) is 5.69 Å². The van der Waals surface area contributed by atoms with Gasteiger partial charge in [0.2, 0.25) is 0 Å². The second-order valence-corrected chi connectivity index (χ2v) is 7.80. The van der Waals surface area contributed by atoms with Crippen molar-refractivity contribution in [1.29, 1.82) is 0 Å². The fraction of sp³-hybridized carbons (Fsp3) is 0.304. The maximum Gasteiger partial charge on any atom is 0.136 e. The van der Waals surface area contributed by atoms with E-state index in [0.717, 1.165) is 29.8 Å². The van der Waals surface area contributed by atoms with Crippen molar-refractivity contribution in [3.63, 3.8) is 0 Å². The molecule has 0 aliphatic heterocycles. The van der Waals surface area contributed by atoms with Crippen molar-refractivity contribution in [2.24, 2.45) is 5.92 Å². The molecule has 2 unspecified atom stereocenters. The monoisotopic (exact) mass is 377 g/mol. The molecule has 0 spiro atoms. The fourth-order valence-corrected chi connectivity index (χ4v) is 4.13. The van der Waals surface area contributed by atoms with Gasteiger partial charge in [-0.05, 0) is 48.6 Å².